The second-order valence-corrected chi connectivity index (χ2v) is 10.4. The van der Waals surface area contributed by atoms with Crippen LogP contribution in [0, 0.1) is 5.82 Å². The highest BCUT2D eigenvalue weighted by Gasteiger charge is 2.29. The summed E-state index contributed by atoms with van der Waals surface area (Å²) in [6.07, 6.45) is 0.889. The van der Waals surface area contributed by atoms with Crippen molar-refractivity contribution in [3.05, 3.63) is 46.9 Å². The molecule has 1 unspecified atom stereocenters. The minimum Gasteiger partial charge on any atom is -0.379 e. The van der Waals surface area contributed by atoms with Crippen molar-refractivity contribution >= 4 is 41.0 Å². The Morgan fingerprint density at radius 2 is 2.00 bits per heavy atom. The number of morpholine rings is 1. The fourth-order valence-corrected chi connectivity index (χ4v) is 5.31. The van der Waals surface area contributed by atoms with E-state index >= 15 is 0 Å². The van der Waals surface area contributed by atoms with Crippen LogP contribution in [0.4, 0.5) is 10.2 Å². The molecular formula is C25H32ClFN6O3S. The summed E-state index contributed by atoms with van der Waals surface area (Å²) < 4.78 is 18.9. The minimum absolute atomic E-state index is 0.0739. The van der Waals surface area contributed by atoms with Crippen molar-refractivity contribution in [2.24, 2.45) is 0 Å². The summed E-state index contributed by atoms with van der Waals surface area (Å²) in [6.45, 7) is 8.49. The van der Waals surface area contributed by atoms with Gasteiger partial charge in [-0.25, -0.2) is 14.4 Å². The number of rotatable bonds is 9. The van der Waals surface area contributed by atoms with Crippen molar-refractivity contribution in [1.29, 1.82) is 0 Å². The van der Waals surface area contributed by atoms with Gasteiger partial charge < -0.3 is 19.9 Å². The highest BCUT2D eigenvalue weighted by atomic mass is 35.5. The maximum absolute atomic E-state index is 13.6. The van der Waals surface area contributed by atoms with E-state index in [1.54, 1.807) is 17.0 Å². The van der Waals surface area contributed by atoms with Crippen molar-refractivity contribution in [2.75, 3.05) is 69.7 Å². The number of halogens is 2. The number of piperazine rings is 1. The third-order valence-corrected chi connectivity index (χ3v) is 7.40. The molecule has 12 heteroatoms. The lowest BCUT2D eigenvalue weighted by Crippen LogP contribution is -2.54. The number of benzene rings is 1. The second-order valence-electron chi connectivity index (χ2n) is 9.08. The van der Waals surface area contributed by atoms with Gasteiger partial charge in [0.1, 0.15) is 16.8 Å². The number of carbonyl (C=O) groups is 2. The van der Waals surface area contributed by atoms with Crippen molar-refractivity contribution in [1.82, 2.24) is 25.1 Å². The SMILES string of the molecule is CC1CN(c2cc(Cl)nc(SCC(=O)NCCCN3CCOCC3)n2)CCN1C(=O)c1cccc(F)c1. The molecule has 0 spiro atoms. The molecular weight excluding hydrogens is 519 g/mol. The van der Waals surface area contributed by atoms with Crippen LogP contribution in [0.2, 0.25) is 5.15 Å². The standard InChI is InChI=1S/C25H32ClFN6O3S/c1-18-16-32(8-9-33(18)24(35)19-4-2-5-20(27)14-19)22-15-21(26)29-25(30-22)37-17-23(34)28-6-3-7-31-10-12-36-13-11-31/h2,4-5,14-15,18H,3,6-13,16-17H2,1H3,(H,28,34). The molecule has 37 heavy (non-hydrogen) atoms. The lowest BCUT2D eigenvalue weighted by molar-refractivity contribution is -0.118. The number of thioether (sulfide) groups is 1. The molecule has 2 amide bonds. The van der Waals surface area contributed by atoms with Gasteiger partial charge in [-0.05, 0) is 38.1 Å². The van der Waals surface area contributed by atoms with E-state index < -0.39 is 5.82 Å². The number of aromatic nitrogens is 2. The predicted octanol–water partition coefficient (Wildman–Crippen LogP) is 2.55. The fourth-order valence-electron chi connectivity index (χ4n) is 4.40. The van der Waals surface area contributed by atoms with Crippen LogP contribution in [0.25, 0.3) is 0 Å². The molecule has 1 atom stereocenters. The second kappa shape index (κ2) is 13.4. The molecule has 2 aromatic rings. The normalized spacial score (nSPS) is 18.6. The minimum atomic E-state index is -0.431. The van der Waals surface area contributed by atoms with Crippen LogP contribution in [0.3, 0.4) is 0 Å². The van der Waals surface area contributed by atoms with Crippen molar-refractivity contribution in [3.63, 3.8) is 0 Å². The molecule has 4 rings (SSSR count). The predicted molar refractivity (Wildman–Crippen MR) is 142 cm³/mol. The topological polar surface area (TPSA) is 90.9 Å². The zero-order valence-electron chi connectivity index (χ0n) is 20.9. The molecule has 2 aliphatic heterocycles. The van der Waals surface area contributed by atoms with Gasteiger partial charge >= 0.3 is 0 Å². The zero-order chi connectivity index (χ0) is 26.2. The van der Waals surface area contributed by atoms with Crippen LogP contribution in [-0.2, 0) is 9.53 Å². The van der Waals surface area contributed by atoms with Gasteiger partial charge in [0.2, 0.25) is 5.91 Å². The molecule has 0 aliphatic carbocycles. The van der Waals surface area contributed by atoms with Gasteiger partial charge in [0, 0.05) is 56.9 Å². The van der Waals surface area contributed by atoms with Crippen molar-refractivity contribution in [2.45, 2.75) is 24.5 Å². The molecule has 0 bridgehead atoms. The van der Waals surface area contributed by atoms with Gasteiger partial charge in [-0.2, -0.15) is 0 Å². The number of hydrogen-bond donors (Lipinski definition) is 1. The first kappa shape index (κ1) is 27.6. The van der Waals surface area contributed by atoms with E-state index in [0.717, 1.165) is 39.3 Å². The monoisotopic (exact) mass is 550 g/mol. The number of ether oxygens (including phenoxy) is 1. The highest BCUT2D eigenvalue weighted by Crippen LogP contribution is 2.24. The summed E-state index contributed by atoms with van der Waals surface area (Å²) in [5, 5.41) is 3.67. The quantitative estimate of drug-likeness (QED) is 0.220. The molecule has 1 N–H and O–H groups in total. The fraction of sp³-hybridized carbons (Fsp3) is 0.520. The maximum Gasteiger partial charge on any atom is 0.254 e. The first-order valence-corrected chi connectivity index (χ1v) is 13.8. The molecule has 200 valence electrons. The van der Waals surface area contributed by atoms with E-state index in [4.69, 9.17) is 16.3 Å². The summed E-state index contributed by atoms with van der Waals surface area (Å²) in [6, 6.07) is 7.32. The Balaban J connectivity index is 1.25. The molecule has 2 saturated heterocycles. The first-order valence-electron chi connectivity index (χ1n) is 12.4. The Kier molecular flexibility index (Phi) is 9.95. The summed E-state index contributed by atoms with van der Waals surface area (Å²) in [5.74, 6) is 0.149. The van der Waals surface area contributed by atoms with E-state index in [1.165, 1.54) is 30.0 Å². The number of amides is 2. The maximum atomic E-state index is 13.6. The summed E-state index contributed by atoms with van der Waals surface area (Å²) >= 11 is 7.51. The summed E-state index contributed by atoms with van der Waals surface area (Å²) in [7, 11) is 0. The van der Waals surface area contributed by atoms with Gasteiger partial charge in [-0.1, -0.05) is 29.4 Å². The molecule has 2 fully saturated rings. The van der Waals surface area contributed by atoms with E-state index in [2.05, 4.69) is 20.2 Å². The average molecular weight is 551 g/mol. The Bertz CT molecular complexity index is 1090. The summed E-state index contributed by atoms with van der Waals surface area (Å²) in [4.78, 5) is 40.2. The third-order valence-electron chi connectivity index (χ3n) is 6.35. The Hall–Kier alpha value is -2.47. The van der Waals surface area contributed by atoms with Crippen molar-refractivity contribution < 1.29 is 18.7 Å². The van der Waals surface area contributed by atoms with Crippen LogP contribution in [0.1, 0.15) is 23.7 Å². The molecule has 3 heterocycles. The Labute approximate surface area is 225 Å². The number of hydrogen-bond acceptors (Lipinski definition) is 8. The lowest BCUT2D eigenvalue weighted by atomic mass is 10.1. The smallest absolute Gasteiger partial charge is 0.254 e. The molecule has 1 aromatic heterocycles. The van der Waals surface area contributed by atoms with E-state index in [9.17, 15) is 14.0 Å². The van der Waals surface area contributed by atoms with Crippen molar-refractivity contribution in [3.8, 4) is 0 Å². The van der Waals surface area contributed by atoms with Crippen LogP contribution < -0.4 is 10.2 Å². The highest BCUT2D eigenvalue weighted by molar-refractivity contribution is 7.99. The lowest BCUT2D eigenvalue weighted by Gasteiger charge is -2.40. The molecule has 0 saturated carbocycles. The van der Waals surface area contributed by atoms with Crippen LogP contribution in [-0.4, -0.2) is 102 Å². The molecule has 0 radical (unpaired) electrons. The zero-order valence-corrected chi connectivity index (χ0v) is 22.4. The molecule has 2 aliphatic rings. The summed E-state index contributed by atoms with van der Waals surface area (Å²) in [5.41, 5.74) is 0.337. The van der Waals surface area contributed by atoms with E-state index in [0.29, 0.717) is 47.9 Å². The number of nitrogens with one attached hydrogen (secondary N) is 1. The van der Waals surface area contributed by atoms with Gasteiger partial charge in [0.05, 0.1) is 19.0 Å². The van der Waals surface area contributed by atoms with E-state index in [1.807, 2.05) is 11.8 Å². The van der Waals surface area contributed by atoms with Crippen LogP contribution >= 0.6 is 23.4 Å². The van der Waals surface area contributed by atoms with Gasteiger partial charge in [0.25, 0.3) is 5.91 Å². The molecule has 9 nitrogen and oxygen atoms in total. The first-order chi connectivity index (χ1) is 17.9. The number of carbonyl (C=O) groups excluding carboxylic acids is 2. The average Bonchev–Trinajstić information content (AvgIpc) is 2.90. The van der Waals surface area contributed by atoms with E-state index in [-0.39, 0.29) is 23.6 Å². The Morgan fingerprint density at radius 1 is 1.19 bits per heavy atom. The number of nitrogens with zero attached hydrogens (tertiary/aromatic N) is 5. The number of anilines is 1. The van der Waals surface area contributed by atoms with Gasteiger partial charge in [-0.15, -0.1) is 0 Å². The molecule has 1 aromatic carbocycles. The Morgan fingerprint density at radius 3 is 2.76 bits per heavy atom. The van der Waals surface area contributed by atoms with Gasteiger partial charge in [-0.3, -0.25) is 14.5 Å². The third kappa shape index (κ3) is 8.00. The van der Waals surface area contributed by atoms with Crippen LogP contribution in [0.15, 0.2) is 35.5 Å². The van der Waals surface area contributed by atoms with Crippen LogP contribution in [0.5, 0.6) is 0 Å². The van der Waals surface area contributed by atoms with Gasteiger partial charge in [0.15, 0.2) is 5.16 Å². The largest absolute Gasteiger partial charge is 0.379 e.